The first-order valence-electron chi connectivity index (χ1n) is 5.64. The lowest BCUT2D eigenvalue weighted by molar-refractivity contribution is 0.255. The Bertz CT molecular complexity index is 420. The van der Waals surface area contributed by atoms with E-state index in [2.05, 4.69) is 25.7 Å². The molecule has 0 saturated carbocycles. The van der Waals surface area contributed by atoms with E-state index in [9.17, 15) is 4.39 Å². The number of hydrogen-bond acceptors (Lipinski definition) is 1. The molecule has 0 aliphatic heterocycles. The van der Waals surface area contributed by atoms with Crippen LogP contribution in [0.4, 0.5) is 4.39 Å². The molecule has 0 aromatic heterocycles. The average molecular weight is 255 g/mol. The van der Waals surface area contributed by atoms with E-state index in [-0.39, 0.29) is 11.7 Å². The van der Waals surface area contributed by atoms with Gasteiger partial charge in [-0.25, -0.2) is 4.39 Å². The van der Waals surface area contributed by atoms with Gasteiger partial charge in [-0.2, -0.15) is 0 Å². The fraction of sp³-hybridized carbons (Fsp3) is 0.429. The quantitative estimate of drug-likeness (QED) is 0.586. The molecule has 0 aliphatic rings. The van der Waals surface area contributed by atoms with E-state index in [4.69, 9.17) is 16.3 Å². The van der Waals surface area contributed by atoms with Crippen LogP contribution in [0.3, 0.4) is 0 Å². The Morgan fingerprint density at radius 1 is 1.47 bits per heavy atom. The van der Waals surface area contributed by atoms with Gasteiger partial charge in [0.2, 0.25) is 0 Å². The Morgan fingerprint density at radius 2 is 2.24 bits per heavy atom. The highest BCUT2D eigenvalue weighted by molar-refractivity contribution is 6.19. The van der Waals surface area contributed by atoms with Crippen LogP contribution in [0.1, 0.15) is 25.8 Å². The van der Waals surface area contributed by atoms with E-state index in [1.807, 2.05) is 0 Å². The van der Waals surface area contributed by atoms with Crippen molar-refractivity contribution in [3.8, 4) is 17.6 Å². The lowest BCUT2D eigenvalue weighted by Crippen LogP contribution is -2.08. The molecule has 0 spiro atoms. The highest BCUT2D eigenvalue weighted by Crippen LogP contribution is 2.20. The first-order chi connectivity index (χ1) is 8.17. The summed E-state index contributed by atoms with van der Waals surface area (Å²) in [4.78, 5) is 0. The van der Waals surface area contributed by atoms with Gasteiger partial charge in [-0.05, 0) is 18.1 Å². The summed E-state index contributed by atoms with van der Waals surface area (Å²) < 4.78 is 18.7. The van der Waals surface area contributed by atoms with E-state index < -0.39 is 0 Å². The third-order valence-corrected chi connectivity index (χ3v) is 2.59. The molecule has 0 saturated heterocycles. The van der Waals surface area contributed by atoms with Gasteiger partial charge in [-0.15, -0.1) is 11.6 Å². The molecule has 3 heteroatoms. The lowest BCUT2D eigenvalue weighted by Gasteiger charge is -2.12. The van der Waals surface area contributed by atoms with Crippen molar-refractivity contribution in [1.82, 2.24) is 0 Å². The summed E-state index contributed by atoms with van der Waals surface area (Å²) in [5.41, 5.74) is 0.676. The number of halogens is 2. The Hall–Kier alpha value is -1.20. The molecule has 0 heterocycles. The third kappa shape index (κ3) is 4.66. The summed E-state index contributed by atoms with van der Waals surface area (Å²) in [7, 11) is 0. The van der Waals surface area contributed by atoms with Crippen molar-refractivity contribution in [3.05, 3.63) is 29.6 Å². The second-order valence-corrected chi connectivity index (χ2v) is 4.17. The molecule has 0 aliphatic carbocycles. The van der Waals surface area contributed by atoms with E-state index in [1.165, 1.54) is 12.1 Å². The van der Waals surface area contributed by atoms with E-state index >= 15 is 0 Å². The topological polar surface area (TPSA) is 9.23 Å². The first kappa shape index (κ1) is 13.9. The maximum Gasteiger partial charge on any atom is 0.137 e. The molecular formula is C14H16ClFO. The van der Waals surface area contributed by atoms with Crippen LogP contribution in [0.2, 0.25) is 0 Å². The summed E-state index contributed by atoms with van der Waals surface area (Å²) in [6.45, 7) is 4.74. The average Bonchev–Trinajstić information content (AvgIpc) is 2.34. The standard InChI is InChI=1S/C14H16ClFO/c1-3-11(2)10-17-14-9-13(16)7-6-12(14)5-4-8-15/h6-7,9,11H,3,8,10H2,1-2H3. The molecule has 0 bridgehead atoms. The molecule has 92 valence electrons. The van der Waals surface area contributed by atoms with Crippen molar-refractivity contribution in [3.63, 3.8) is 0 Å². The summed E-state index contributed by atoms with van der Waals surface area (Å²) in [5.74, 6) is 6.46. The van der Waals surface area contributed by atoms with Gasteiger partial charge in [0, 0.05) is 6.07 Å². The number of benzene rings is 1. The smallest absolute Gasteiger partial charge is 0.137 e. The van der Waals surface area contributed by atoms with Crippen molar-refractivity contribution in [2.45, 2.75) is 20.3 Å². The van der Waals surface area contributed by atoms with Gasteiger partial charge in [-0.3, -0.25) is 0 Å². The molecule has 0 amide bonds. The maximum atomic E-state index is 13.1. The van der Waals surface area contributed by atoms with Gasteiger partial charge in [0.05, 0.1) is 18.1 Å². The van der Waals surface area contributed by atoms with Crippen LogP contribution in [0.5, 0.6) is 5.75 Å². The second kappa shape index (κ2) is 7.19. The fourth-order valence-electron chi connectivity index (χ4n) is 1.20. The molecule has 0 radical (unpaired) electrons. The van der Waals surface area contributed by atoms with E-state index in [1.54, 1.807) is 6.07 Å². The zero-order valence-corrected chi connectivity index (χ0v) is 10.9. The zero-order chi connectivity index (χ0) is 12.7. The zero-order valence-electron chi connectivity index (χ0n) is 10.1. The number of hydrogen-bond donors (Lipinski definition) is 0. The predicted molar refractivity (Wildman–Crippen MR) is 68.9 cm³/mol. The van der Waals surface area contributed by atoms with Crippen molar-refractivity contribution >= 4 is 11.6 Å². The van der Waals surface area contributed by atoms with Crippen molar-refractivity contribution in [1.29, 1.82) is 0 Å². The summed E-state index contributed by atoms with van der Waals surface area (Å²) in [6, 6.07) is 4.34. The second-order valence-electron chi connectivity index (χ2n) is 3.90. The van der Waals surface area contributed by atoms with Crippen LogP contribution < -0.4 is 4.74 Å². The summed E-state index contributed by atoms with van der Waals surface area (Å²) in [5, 5.41) is 0. The van der Waals surface area contributed by atoms with E-state index in [0.29, 0.717) is 23.8 Å². The molecule has 0 N–H and O–H groups in total. The summed E-state index contributed by atoms with van der Waals surface area (Å²) >= 11 is 5.50. The summed E-state index contributed by atoms with van der Waals surface area (Å²) in [6.07, 6.45) is 1.03. The Kier molecular flexibility index (Phi) is 5.86. The van der Waals surface area contributed by atoms with E-state index in [0.717, 1.165) is 6.42 Å². The largest absolute Gasteiger partial charge is 0.492 e. The fourth-order valence-corrected chi connectivity index (χ4v) is 1.26. The molecule has 1 aromatic carbocycles. The van der Waals surface area contributed by atoms with Gasteiger partial charge in [0.25, 0.3) is 0 Å². The number of alkyl halides is 1. The third-order valence-electron chi connectivity index (χ3n) is 2.45. The van der Waals surface area contributed by atoms with Gasteiger partial charge < -0.3 is 4.74 Å². The minimum absolute atomic E-state index is 0.252. The molecule has 1 nitrogen and oxygen atoms in total. The van der Waals surface area contributed by atoms with Gasteiger partial charge >= 0.3 is 0 Å². The Morgan fingerprint density at radius 3 is 2.88 bits per heavy atom. The highest BCUT2D eigenvalue weighted by Gasteiger charge is 2.06. The molecule has 0 fully saturated rings. The predicted octanol–water partition coefficient (Wildman–Crippen LogP) is 3.84. The number of rotatable bonds is 4. The van der Waals surface area contributed by atoms with Crippen LogP contribution >= 0.6 is 11.6 Å². The Balaban J connectivity index is 2.83. The molecule has 1 unspecified atom stereocenters. The van der Waals surface area contributed by atoms with Crippen molar-refractivity contribution < 1.29 is 9.13 Å². The molecule has 17 heavy (non-hydrogen) atoms. The first-order valence-corrected chi connectivity index (χ1v) is 6.18. The minimum Gasteiger partial charge on any atom is -0.492 e. The molecule has 1 rings (SSSR count). The number of ether oxygens (including phenoxy) is 1. The van der Waals surface area contributed by atoms with Crippen LogP contribution in [0.15, 0.2) is 18.2 Å². The van der Waals surface area contributed by atoms with Gasteiger partial charge in [0.15, 0.2) is 0 Å². The minimum atomic E-state index is -0.319. The highest BCUT2D eigenvalue weighted by atomic mass is 35.5. The lowest BCUT2D eigenvalue weighted by atomic mass is 10.1. The van der Waals surface area contributed by atoms with Crippen LogP contribution in [0, 0.1) is 23.6 Å². The molecular weight excluding hydrogens is 239 g/mol. The van der Waals surface area contributed by atoms with Gasteiger partial charge in [-0.1, -0.05) is 32.1 Å². The molecule has 1 atom stereocenters. The monoisotopic (exact) mass is 254 g/mol. The van der Waals surface area contributed by atoms with Gasteiger partial charge in [0.1, 0.15) is 11.6 Å². The van der Waals surface area contributed by atoms with Crippen LogP contribution in [0.25, 0.3) is 0 Å². The normalized spacial score (nSPS) is 11.5. The van der Waals surface area contributed by atoms with Crippen LogP contribution in [-0.2, 0) is 0 Å². The maximum absolute atomic E-state index is 13.1. The van der Waals surface area contributed by atoms with Crippen molar-refractivity contribution in [2.75, 3.05) is 12.5 Å². The van der Waals surface area contributed by atoms with Crippen molar-refractivity contribution in [2.24, 2.45) is 5.92 Å². The SMILES string of the molecule is CCC(C)COc1cc(F)ccc1C#CCCl. The van der Waals surface area contributed by atoms with Crippen LogP contribution in [-0.4, -0.2) is 12.5 Å². The molecule has 1 aromatic rings. The Labute approximate surface area is 107 Å².